The van der Waals surface area contributed by atoms with E-state index in [4.69, 9.17) is 14.5 Å². The van der Waals surface area contributed by atoms with Crippen LogP contribution in [0.4, 0.5) is 0 Å². The molecule has 0 radical (unpaired) electrons. The Kier molecular flexibility index (Phi) is 4.72. The van der Waals surface area contributed by atoms with Crippen LogP contribution in [-0.4, -0.2) is 21.4 Å². The minimum atomic E-state index is -0.938. The number of fused-ring (bicyclic) bond motifs is 2. The normalized spacial score (nSPS) is 20.0. The first kappa shape index (κ1) is 20.6. The zero-order valence-corrected chi connectivity index (χ0v) is 18.1. The van der Waals surface area contributed by atoms with E-state index < -0.39 is 17.8 Å². The number of ether oxygens (including phenoxy) is 1. The van der Waals surface area contributed by atoms with Crippen molar-refractivity contribution in [2.75, 3.05) is 0 Å². The maximum atomic E-state index is 10.8. The quantitative estimate of drug-likeness (QED) is 0.387. The van der Waals surface area contributed by atoms with E-state index in [0.29, 0.717) is 22.6 Å². The van der Waals surface area contributed by atoms with Gasteiger partial charge in [0.05, 0.1) is 6.10 Å². The summed E-state index contributed by atoms with van der Waals surface area (Å²) in [6.45, 7) is 0. The van der Waals surface area contributed by atoms with E-state index in [2.05, 4.69) is 0 Å². The van der Waals surface area contributed by atoms with Gasteiger partial charge in [-0.3, -0.25) is 0 Å². The van der Waals surface area contributed by atoms with E-state index in [1.54, 1.807) is 0 Å². The van der Waals surface area contributed by atoms with Crippen molar-refractivity contribution in [1.29, 1.82) is 0 Å². The molecule has 6 nitrogen and oxygen atoms in total. The molecule has 4 aromatic rings. The van der Waals surface area contributed by atoms with Gasteiger partial charge in [-0.05, 0) is 22.8 Å². The lowest BCUT2D eigenvalue weighted by Gasteiger charge is -2.31. The van der Waals surface area contributed by atoms with E-state index >= 15 is 0 Å². The lowest BCUT2D eigenvalue weighted by Crippen LogP contribution is -2.30. The molecule has 6 heteroatoms. The van der Waals surface area contributed by atoms with Crippen LogP contribution in [0, 0.1) is 0 Å². The smallest absolute Gasteiger partial charge is 0.194 e. The summed E-state index contributed by atoms with van der Waals surface area (Å²) in [5, 5.41) is 30.8. The minimum Gasteiger partial charge on any atom is -0.508 e. The molecule has 2 heterocycles. The molecule has 2 aliphatic rings. The van der Waals surface area contributed by atoms with Crippen LogP contribution in [-0.2, 0) is 16.9 Å². The fraction of sp³-hybridized carbons (Fsp3) is 0.143. The average Bonchev–Trinajstić information content (AvgIpc) is 3.25. The number of phenols is 2. The summed E-state index contributed by atoms with van der Waals surface area (Å²) in [7, 11) is 0. The second-order valence-electron chi connectivity index (χ2n) is 8.59. The second-order valence-corrected chi connectivity index (χ2v) is 8.59. The van der Waals surface area contributed by atoms with Crippen LogP contribution in [0.25, 0.3) is 0 Å². The molecule has 34 heavy (non-hydrogen) atoms. The van der Waals surface area contributed by atoms with Crippen LogP contribution in [0.5, 0.6) is 23.0 Å². The van der Waals surface area contributed by atoms with Gasteiger partial charge >= 0.3 is 0 Å². The third kappa shape index (κ3) is 3.11. The minimum absolute atomic E-state index is 0.103. The lowest BCUT2D eigenvalue weighted by molar-refractivity contribution is -0.244. The predicted molar refractivity (Wildman–Crippen MR) is 124 cm³/mol. The van der Waals surface area contributed by atoms with Crippen LogP contribution in [0.3, 0.4) is 0 Å². The Hall–Kier alpha value is -4.00. The third-order valence-electron chi connectivity index (χ3n) is 6.52. The fourth-order valence-electron chi connectivity index (χ4n) is 4.90. The van der Waals surface area contributed by atoms with Gasteiger partial charge < -0.3 is 24.9 Å². The van der Waals surface area contributed by atoms with E-state index in [0.717, 1.165) is 16.7 Å². The standard InChI is InChI=1S/C28H22O6/c29-20-14-23(30)21-16-24(31)27(32-25(21)15-20)17-11-12-22-26(13-17)33-34-28(22,18-7-3-1-4-8-18)19-9-5-2-6-10-19/h1-15,24,27,29-31H,16H2/t24-,27+/m0/s1. The van der Waals surface area contributed by atoms with Crippen molar-refractivity contribution >= 4 is 0 Å². The van der Waals surface area contributed by atoms with Gasteiger partial charge in [0, 0.05) is 29.7 Å². The third-order valence-corrected chi connectivity index (χ3v) is 6.52. The SMILES string of the molecule is Oc1cc(O)c2c(c1)O[C@H](c1ccc3c(c1)OOC3(c1ccccc1)c1ccccc1)[C@@H](O)C2. The number of rotatable bonds is 3. The van der Waals surface area contributed by atoms with Crippen molar-refractivity contribution < 1.29 is 29.8 Å². The first-order valence-electron chi connectivity index (χ1n) is 11.1. The zero-order chi connectivity index (χ0) is 23.3. The van der Waals surface area contributed by atoms with E-state index in [1.165, 1.54) is 12.1 Å². The molecule has 3 N–H and O–H groups in total. The largest absolute Gasteiger partial charge is 0.508 e. The van der Waals surface area contributed by atoms with Crippen LogP contribution in [0.1, 0.15) is 33.9 Å². The van der Waals surface area contributed by atoms with Crippen LogP contribution in [0.15, 0.2) is 91.0 Å². The molecule has 0 amide bonds. The highest BCUT2D eigenvalue weighted by atomic mass is 17.2. The molecule has 0 bridgehead atoms. The van der Waals surface area contributed by atoms with Gasteiger partial charge in [-0.15, -0.1) is 0 Å². The number of aliphatic hydroxyl groups excluding tert-OH is 1. The van der Waals surface area contributed by atoms with Crippen molar-refractivity contribution in [2.45, 2.75) is 24.2 Å². The van der Waals surface area contributed by atoms with E-state index in [9.17, 15) is 15.3 Å². The maximum absolute atomic E-state index is 10.8. The molecule has 6 rings (SSSR count). The highest BCUT2D eigenvalue weighted by Gasteiger charge is 2.47. The van der Waals surface area contributed by atoms with Gasteiger partial charge in [0.1, 0.15) is 23.4 Å². The predicted octanol–water partition coefficient (Wildman–Crippen LogP) is 4.75. The monoisotopic (exact) mass is 454 g/mol. The summed E-state index contributed by atoms with van der Waals surface area (Å²) in [4.78, 5) is 11.9. The number of hydrogen-bond acceptors (Lipinski definition) is 6. The molecule has 170 valence electrons. The highest BCUT2D eigenvalue weighted by Crippen LogP contribution is 2.50. The summed E-state index contributed by atoms with van der Waals surface area (Å²) < 4.78 is 6.01. The molecule has 2 aliphatic heterocycles. The first-order chi connectivity index (χ1) is 16.6. The van der Waals surface area contributed by atoms with Crippen molar-refractivity contribution in [1.82, 2.24) is 0 Å². The Morgan fingerprint density at radius 3 is 2.12 bits per heavy atom. The molecule has 4 aromatic carbocycles. The summed E-state index contributed by atoms with van der Waals surface area (Å²) in [5.74, 6) is 0.667. The number of hydrogen-bond donors (Lipinski definition) is 3. The average molecular weight is 454 g/mol. The van der Waals surface area contributed by atoms with Crippen molar-refractivity contribution in [3.05, 3.63) is 119 Å². The highest BCUT2D eigenvalue weighted by molar-refractivity contribution is 5.56. The van der Waals surface area contributed by atoms with Crippen molar-refractivity contribution in [3.8, 4) is 23.0 Å². The Morgan fingerprint density at radius 1 is 0.765 bits per heavy atom. The van der Waals surface area contributed by atoms with Gasteiger partial charge in [0.2, 0.25) is 0 Å². The van der Waals surface area contributed by atoms with Gasteiger partial charge in [0.25, 0.3) is 0 Å². The number of aliphatic hydroxyl groups is 1. The molecule has 2 atom stereocenters. The van der Waals surface area contributed by atoms with Crippen LogP contribution in [0.2, 0.25) is 0 Å². The van der Waals surface area contributed by atoms with Crippen molar-refractivity contribution in [3.63, 3.8) is 0 Å². The number of benzene rings is 4. The topological polar surface area (TPSA) is 88.4 Å². The van der Waals surface area contributed by atoms with Crippen LogP contribution < -0.4 is 9.62 Å². The summed E-state index contributed by atoms with van der Waals surface area (Å²) in [6.07, 6.45) is -1.40. The van der Waals surface area contributed by atoms with E-state index in [1.807, 2.05) is 78.9 Å². The molecule has 0 saturated carbocycles. The summed E-state index contributed by atoms with van der Waals surface area (Å²) in [6, 6.07) is 28.1. The zero-order valence-electron chi connectivity index (χ0n) is 18.1. The van der Waals surface area contributed by atoms with Gasteiger partial charge in [-0.2, -0.15) is 4.89 Å². The fourth-order valence-corrected chi connectivity index (χ4v) is 4.90. The molecule has 0 unspecified atom stereocenters. The second kappa shape index (κ2) is 7.80. The molecular formula is C28H22O6. The van der Waals surface area contributed by atoms with Gasteiger partial charge in [-0.1, -0.05) is 72.8 Å². The summed E-state index contributed by atoms with van der Waals surface area (Å²) >= 11 is 0. The summed E-state index contributed by atoms with van der Waals surface area (Å²) in [5.41, 5.74) is 2.93. The molecule has 0 fully saturated rings. The number of phenolic OH excluding ortho intramolecular Hbond substituents is 2. The Bertz CT molecular complexity index is 1310. The van der Waals surface area contributed by atoms with Gasteiger partial charge in [-0.25, -0.2) is 0 Å². The molecular weight excluding hydrogens is 432 g/mol. The van der Waals surface area contributed by atoms with E-state index in [-0.39, 0.29) is 17.9 Å². The Labute approximate surface area is 196 Å². The van der Waals surface area contributed by atoms with Gasteiger partial charge in [0.15, 0.2) is 11.4 Å². The molecule has 0 aliphatic carbocycles. The maximum Gasteiger partial charge on any atom is 0.194 e. The Balaban J connectivity index is 1.43. The van der Waals surface area contributed by atoms with Crippen LogP contribution >= 0.6 is 0 Å². The van der Waals surface area contributed by atoms with Crippen molar-refractivity contribution in [2.24, 2.45) is 0 Å². The first-order valence-corrected chi connectivity index (χ1v) is 11.1. The number of aromatic hydroxyl groups is 2. The molecule has 0 spiro atoms. The molecule has 0 saturated heterocycles. The Morgan fingerprint density at radius 2 is 1.44 bits per heavy atom. The molecule has 0 aromatic heterocycles. The lowest BCUT2D eigenvalue weighted by atomic mass is 9.79.